The Hall–Kier alpha value is -2.26. The van der Waals surface area contributed by atoms with E-state index in [9.17, 15) is 0 Å². The Labute approximate surface area is 124 Å². The van der Waals surface area contributed by atoms with E-state index in [2.05, 4.69) is 23.5 Å². The van der Waals surface area contributed by atoms with Crippen molar-refractivity contribution in [3.05, 3.63) is 65.9 Å². The van der Waals surface area contributed by atoms with Gasteiger partial charge in [-0.25, -0.2) is 0 Å². The minimum Gasteiger partial charge on any atom is -0.496 e. The molecule has 3 nitrogen and oxygen atoms in total. The number of nitrogens with one attached hydrogen (secondary N) is 1. The fourth-order valence-corrected chi connectivity index (χ4v) is 2.47. The molecule has 0 fully saturated rings. The summed E-state index contributed by atoms with van der Waals surface area (Å²) >= 11 is 0. The first-order chi connectivity index (χ1) is 10.4. The number of benzene rings is 2. The zero-order chi connectivity index (χ0) is 14.5. The lowest BCUT2D eigenvalue weighted by atomic mass is 10.1. The molecule has 3 aromatic rings. The third-order valence-corrected chi connectivity index (χ3v) is 3.54. The van der Waals surface area contributed by atoms with Crippen molar-refractivity contribution in [3.63, 3.8) is 0 Å². The second-order valence-corrected chi connectivity index (χ2v) is 4.99. The number of para-hydroxylation sites is 2. The molecule has 0 aliphatic heterocycles. The van der Waals surface area contributed by atoms with Gasteiger partial charge in [0.2, 0.25) is 0 Å². The molecule has 0 amide bonds. The van der Waals surface area contributed by atoms with Gasteiger partial charge in [0.1, 0.15) is 17.1 Å². The first-order valence-electron chi connectivity index (χ1n) is 7.17. The average Bonchev–Trinajstić information content (AvgIpc) is 2.94. The standard InChI is InChI=1S/C18H19NO2/c1-20-17-8-4-2-6-14(17)10-11-19-13-16-12-15-7-3-5-9-18(15)21-16/h2-9,12,19H,10-11,13H2,1H3. The lowest BCUT2D eigenvalue weighted by molar-refractivity contribution is 0.409. The lowest BCUT2D eigenvalue weighted by Crippen LogP contribution is -2.16. The molecule has 1 N–H and O–H groups in total. The van der Waals surface area contributed by atoms with E-state index in [1.54, 1.807) is 7.11 Å². The zero-order valence-electron chi connectivity index (χ0n) is 12.1. The van der Waals surface area contributed by atoms with Gasteiger partial charge >= 0.3 is 0 Å². The average molecular weight is 281 g/mol. The Kier molecular flexibility index (Phi) is 4.22. The van der Waals surface area contributed by atoms with Crippen LogP contribution >= 0.6 is 0 Å². The van der Waals surface area contributed by atoms with Crippen LogP contribution in [0.2, 0.25) is 0 Å². The molecule has 3 rings (SSSR count). The van der Waals surface area contributed by atoms with Crippen LogP contribution in [0.5, 0.6) is 5.75 Å². The molecule has 0 atom stereocenters. The fraction of sp³-hybridized carbons (Fsp3) is 0.222. The van der Waals surface area contributed by atoms with Gasteiger partial charge in [0, 0.05) is 5.39 Å². The van der Waals surface area contributed by atoms with Gasteiger partial charge in [0.05, 0.1) is 13.7 Å². The van der Waals surface area contributed by atoms with E-state index >= 15 is 0 Å². The minimum atomic E-state index is 0.740. The minimum absolute atomic E-state index is 0.740. The Morgan fingerprint density at radius 2 is 1.86 bits per heavy atom. The van der Waals surface area contributed by atoms with E-state index in [-0.39, 0.29) is 0 Å². The Morgan fingerprint density at radius 3 is 2.71 bits per heavy atom. The molecule has 0 unspecified atom stereocenters. The van der Waals surface area contributed by atoms with Gasteiger partial charge in [0.25, 0.3) is 0 Å². The molecular weight excluding hydrogens is 262 g/mol. The van der Waals surface area contributed by atoms with Gasteiger partial charge in [-0.05, 0) is 36.7 Å². The molecule has 1 heterocycles. The monoisotopic (exact) mass is 281 g/mol. The molecular formula is C18H19NO2. The highest BCUT2D eigenvalue weighted by molar-refractivity contribution is 5.77. The molecule has 3 heteroatoms. The Balaban J connectivity index is 1.54. The second kappa shape index (κ2) is 6.46. The van der Waals surface area contributed by atoms with Crippen molar-refractivity contribution in [2.75, 3.05) is 13.7 Å². The quantitative estimate of drug-likeness (QED) is 0.698. The van der Waals surface area contributed by atoms with Gasteiger partial charge in [-0.1, -0.05) is 36.4 Å². The SMILES string of the molecule is COc1ccccc1CCNCc1cc2ccccc2o1. The van der Waals surface area contributed by atoms with Crippen molar-refractivity contribution in [1.29, 1.82) is 0 Å². The van der Waals surface area contributed by atoms with Crippen molar-refractivity contribution >= 4 is 11.0 Å². The summed E-state index contributed by atoms with van der Waals surface area (Å²) in [6, 6.07) is 18.3. The molecule has 0 radical (unpaired) electrons. The highest BCUT2D eigenvalue weighted by Crippen LogP contribution is 2.19. The van der Waals surface area contributed by atoms with Crippen LogP contribution in [0, 0.1) is 0 Å². The van der Waals surface area contributed by atoms with Crippen LogP contribution < -0.4 is 10.1 Å². The molecule has 0 aliphatic rings. The molecule has 0 aliphatic carbocycles. The van der Waals surface area contributed by atoms with Crippen LogP contribution in [0.25, 0.3) is 11.0 Å². The summed E-state index contributed by atoms with van der Waals surface area (Å²) in [5.41, 5.74) is 2.16. The summed E-state index contributed by atoms with van der Waals surface area (Å²) < 4.78 is 11.1. The Bertz CT molecular complexity index is 685. The van der Waals surface area contributed by atoms with Crippen molar-refractivity contribution in [3.8, 4) is 5.75 Å². The predicted molar refractivity (Wildman–Crippen MR) is 84.6 cm³/mol. The maximum atomic E-state index is 5.78. The first kappa shape index (κ1) is 13.7. The van der Waals surface area contributed by atoms with E-state index in [1.807, 2.05) is 36.4 Å². The van der Waals surface area contributed by atoms with Gasteiger partial charge in [-0.15, -0.1) is 0 Å². The van der Waals surface area contributed by atoms with Crippen LogP contribution in [0.15, 0.2) is 59.0 Å². The van der Waals surface area contributed by atoms with E-state index in [0.717, 1.165) is 42.0 Å². The van der Waals surface area contributed by atoms with Crippen molar-refractivity contribution in [2.24, 2.45) is 0 Å². The third kappa shape index (κ3) is 3.26. The maximum Gasteiger partial charge on any atom is 0.134 e. The highest BCUT2D eigenvalue weighted by Gasteiger charge is 2.04. The summed E-state index contributed by atoms with van der Waals surface area (Å²) in [5, 5.41) is 4.57. The van der Waals surface area contributed by atoms with Gasteiger partial charge in [-0.3, -0.25) is 0 Å². The fourth-order valence-electron chi connectivity index (χ4n) is 2.47. The molecule has 2 aromatic carbocycles. The number of furan rings is 1. The van der Waals surface area contributed by atoms with Crippen LogP contribution in [0.3, 0.4) is 0 Å². The van der Waals surface area contributed by atoms with Crippen molar-refractivity contribution in [2.45, 2.75) is 13.0 Å². The first-order valence-corrected chi connectivity index (χ1v) is 7.17. The number of rotatable bonds is 6. The lowest BCUT2D eigenvalue weighted by Gasteiger charge is -2.08. The van der Waals surface area contributed by atoms with E-state index < -0.39 is 0 Å². The summed E-state index contributed by atoms with van der Waals surface area (Å²) in [6.07, 6.45) is 0.935. The van der Waals surface area contributed by atoms with Crippen molar-refractivity contribution < 1.29 is 9.15 Å². The topological polar surface area (TPSA) is 34.4 Å². The molecule has 108 valence electrons. The summed E-state index contributed by atoms with van der Waals surface area (Å²) in [7, 11) is 1.71. The number of ether oxygens (including phenoxy) is 1. The van der Waals surface area contributed by atoms with E-state index in [0.29, 0.717) is 0 Å². The van der Waals surface area contributed by atoms with Gasteiger partial charge in [0.15, 0.2) is 0 Å². The number of hydrogen-bond acceptors (Lipinski definition) is 3. The van der Waals surface area contributed by atoms with Crippen LogP contribution in [-0.4, -0.2) is 13.7 Å². The summed E-state index contributed by atoms with van der Waals surface area (Å²) in [4.78, 5) is 0. The summed E-state index contributed by atoms with van der Waals surface area (Å²) in [5.74, 6) is 1.92. The second-order valence-electron chi connectivity index (χ2n) is 4.99. The van der Waals surface area contributed by atoms with Crippen LogP contribution in [0.1, 0.15) is 11.3 Å². The molecule has 21 heavy (non-hydrogen) atoms. The van der Waals surface area contributed by atoms with E-state index in [4.69, 9.17) is 9.15 Å². The predicted octanol–water partition coefficient (Wildman–Crippen LogP) is 3.77. The van der Waals surface area contributed by atoms with Crippen LogP contribution in [0.4, 0.5) is 0 Å². The normalized spacial score (nSPS) is 10.9. The molecule has 0 saturated carbocycles. The highest BCUT2D eigenvalue weighted by atomic mass is 16.5. The molecule has 1 aromatic heterocycles. The molecule has 0 bridgehead atoms. The van der Waals surface area contributed by atoms with Gasteiger partial charge in [-0.2, -0.15) is 0 Å². The smallest absolute Gasteiger partial charge is 0.134 e. The molecule has 0 spiro atoms. The maximum absolute atomic E-state index is 5.78. The number of fused-ring (bicyclic) bond motifs is 1. The van der Waals surface area contributed by atoms with Crippen molar-refractivity contribution in [1.82, 2.24) is 5.32 Å². The van der Waals surface area contributed by atoms with Gasteiger partial charge < -0.3 is 14.5 Å². The zero-order valence-corrected chi connectivity index (χ0v) is 12.1. The Morgan fingerprint density at radius 1 is 1.05 bits per heavy atom. The van der Waals surface area contributed by atoms with E-state index in [1.165, 1.54) is 5.56 Å². The van der Waals surface area contributed by atoms with Crippen LogP contribution in [-0.2, 0) is 13.0 Å². The third-order valence-electron chi connectivity index (χ3n) is 3.54. The largest absolute Gasteiger partial charge is 0.496 e. The number of methoxy groups -OCH3 is 1. The summed E-state index contributed by atoms with van der Waals surface area (Å²) in [6.45, 7) is 1.63. The number of hydrogen-bond donors (Lipinski definition) is 1. The molecule has 0 saturated heterocycles.